The molecule has 25 heavy (non-hydrogen) atoms. The standard InChI is InChI=1S/C15H19F2N5O2S/c1-3-18-14-8-10(2)21-15(22-14)19-6-7-20-25(23,24)11-4-5-12(16)13(17)9-11/h4-5,8-9,20H,3,6-7H2,1-2H3,(H2,18,19,21,22). The molecule has 7 nitrogen and oxygen atoms in total. The van der Waals surface area contributed by atoms with Gasteiger partial charge in [-0.2, -0.15) is 4.98 Å². The predicted molar refractivity (Wildman–Crippen MR) is 91.0 cm³/mol. The maximum atomic E-state index is 13.2. The zero-order valence-corrected chi connectivity index (χ0v) is 14.6. The maximum absolute atomic E-state index is 13.2. The van der Waals surface area contributed by atoms with Gasteiger partial charge in [0, 0.05) is 31.4 Å². The van der Waals surface area contributed by atoms with Crippen LogP contribution in [0.4, 0.5) is 20.5 Å². The third-order valence-electron chi connectivity index (χ3n) is 3.11. The van der Waals surface area contributed by atoms with Gasteiger partial charge in [-0.1, -0.05) is 0 Å². The van der Waals surface area contributed by atoms with Gasteiger partial charge in [0.05, 0.1) is 4.90 Å². The number of aryl methyl sites for hydroxylation is 1. The lowest BCUT2D eigenvalue weighted by molar-refractivity contribution is 0.504. The number of benzene rings is 1. The highest BCUT2D eigenvalue weighted by molar-refractivity contribution is 7.89. The Balaban J connectivity index is 1.93. The Bertz CT molecular complexity index is 846. The van der Waals surface area contributed by atoms with Gasteiger partial charge in [0.1, 0.15) is 5.82 Å². The number of anilines is 2. The number of nitrogens with zero attached hydrogens (tertiary/aromatic N) is 2. The molecule has 0 aliphatic carbocycles. The highest BCUT2D eigenvalue weighted by Crippen LogP contribution is 2.13. The molecule has 3 N–H and O–H groups in total. The van der Waals surface area contributed by atoms with Gasteiger partial charge < -0.3 is 10.6 Å². The molecule has 0 amide bonds. The molecule has 10 heteroatoms. The van der Waals surface area contributed by atoms with Crippen LogP contribution in [0.25, 0.3) is 0 Å². The Hall–Kier alpha value is -2.33. The summed E-state index contributed by atoms with van der Waals surface area (Å²) in [4.78, 5) is 8.09. The van der Waals surface area contributed by atoms with Gasteiger partial charge in [0.2, 0.25) is 16.0 Å². The lowest BCUT2D eigenvalue weighted by atomic mass is 10.3. The minimum Gasteiger partial charge on any atom is -0.370 e. The first kappa shape index (κ1) is 19.0. The summed E-state index contributed by atoms with van der Waals surface area (Å²) >= 11 is 0. The molecule has 0 saturated carbocycles. The van der Waals surface area contributed by atoms with Gasteiger partial charge in [-0.25, -0.2) is 26.9 Å². The van der Waals surface area contributed by atoms with Gasteiger partial charge in [-0.15, -0.1) is 0 Å². The number of halogens is 2. The summed E-state index contributed by atoms with van der Waals surface area (Å²) in [5.74, 6) is -1.29. The molecule has 136 valence electrons. The highest BCUT2D eigenvalue weighted by atomic mass is 32.2. The van der Waals surface area contributed by atoms with E-state index in [4.69, 9.17) is 0 Å². The molecular weight excluding hydrogens is 352 g/mol. The fourth-order valence-electron chi connectivity index (χ4n) is 2.01. The van der Waals surface area contributed by atoms with E-state index in [0.29, 0.717) is 24.4 Å². The summed E-state index contributed by atoms with van der Waals surface area (Å²) in [6, 6.07) is 4.20. The fourth-order valence-corrected chi connectivity index (χ4v) is 3.05. The van der Waals surface area contributed by atoms with Crippen LogP contribution in [-0.4, -0.2) is 38.0 Å². The summed E-state index contributed by atoms with van der Waals surface area (Å²) < 4.78 is 52.4. The summed E-state index contributed by atoms with van der Waals surface area (Å²) in [6.07, 6.45) is 0. The van der Waals surface area contributed by atoms with Crippen molar-refractivity contribution in [1.82, 2.24) is 14.7 Å². The van der Waals surface area contributed by atoms with E-state index in [0.717, 1.165) is 17.8 Å². The fraction of sp³-hybridized carbons (Fsp3) is 0.333. The third kappa shape index (κ3) is 5.33. The van der Waals surface area contributed by atoms with E-state index in [1.165, 1.54) is 0 Å². The van der Waals surface area contributed by atoms with E-state index in [2.05, 4.69) is 25.3 Å². The molecule has 0 saturated heterocycles. The normalized spacial score (nSPS) is 11.4. The predicted octanol–water partition coefficient (Wildman–Crippen LogP) is 1.89. The molecule has 0 aliphatic rings. The van der Waals surface area contributed by atoms with Gasteiger partial charge in [0.15, 0.2) is 11.6 Å². The number of aromatic nitrogens is 2. The Morgan fingerprint density at radius 3 is 2.48 bits per heavy atom. The molecule has 0 radical (unpaired) electrons. The zero-order chi connectivity index (χ0) is 18.4. The van der Waals surface area contributed by atoms with Gasteiger partial charge >= 0.3 is 0 Å². The third-order valence-corrected chi connectivity index (χ3v) is 4.57. The molecule has 0 spiro atoms. The molecule has 0 aliphatic heterocycles. The highest BCUT2D eigenvalue weighted by Gasteiger charge is 2.15. The summed E-state index contributed by atoms with van der Waals surface area (Å²) in [5, 5.41) is 5.97. The molecule has 1 heterocycles. The quantitative estimate of drug-likeness (QED) is 0.613. The summed E-state index contributed by atoms with van der Waals surface area (Å²) in [6.45, 7) is 4.72. The molecule has 1 aromatic heterocycles. The number of hydrogen-bond donors (Lipinski definition) is 3. The van der Waals surface area contributed by atoms with Crippen LogP contribution < -0.4 is 15.4 Å². The Kier molecular flexibility index (Phi) is 6.21. The van der Waals surface area contributed by atoms with Crippen molar-refractivity contribution in [1.29, 1.82) is 0 Å². The van der Waals surface area contributed by atoms with E-state index in [-0.39, 0.29) is 18.0 Å². The van der Waals surface area contributed by atoms with Crippen molar-refractivity contribution in [2.75, 3.05) is 30.3 Å². The van der Waals surface area contributed by atoms with E-state index in [1.807, 2.05) is 13.8 Å². The molecule has 0 unspecified atom stereocenters. The minimum absolute atomic E-state index is 0.0230. The van der Waals surface area contributed by atoms with Crippen LogP contribution in [0.1, 0.15) is 12.6 Å². The van der Waals surface area contributed by atoms with Crippen molar-refractivity contribution < 1.29 is 17.2 Å². The van der Waals surface area contributed by atoms with Crippen LogP contribution in [0, 0.1) is 18.6 Å². The van der Waals surface area contributed by atoms with Crippen LogP contribution in [0.2, 0.25) is 0 Å². The van der Waals surface area contributed by atoms with Gasteiger partial charge in [-0.3, -0.25) is 0 Å². The van der Waals surface area contributed by atoms with Crippen LogP contribution in [0.3, 0.4) is 0 Å². The molecule has 0 fully saturated rings. The monoisotopic (exact) mass is 371 g/mol. The Morgan fingerprint density at radius 1 is 1.04 bits per heavy atom. The first-order chi connectivity index (χ1) is 11.8. The first-order valence-electron chi connectivity index (χ1n) is 7.60. The van der Waals surface area contributed by atoms with Gasteiger partial charge in [-0.05, 0) is 32.0 Å². The van der Waals surface area contributed by atoms with Crippen LogP contribution in [0.5, 0.6) is 0 Å². The second-order valence-electron chi connectivity index (χ2n) is 5.15. The molecular formula is C15H19F2N5O2S. The van der Waals surface area contributed by atoms with E-state index in [1.54, 1.807) is 6.07 Å². The largest absolute Gasteiger partial charge is 0.370 e. The smallest absolute Gasteiger partial charge is 0.240 e. The van der Waals surface area contributed by atoms with Crippen molar-refractivity contribution in [2.45, 2.75) is 18.7 Å². The first-order valence-corrected chi connectivity index (χ1v) is 9.08. The number of rotatable bonds is 8. The van der Waals surface area contributed by atoms with Gasteiger partial charge in [0.25, 0.3) is 0 Å². The SMILES string of the molecule is CCNc1cc(C)nc(NCCNS(=O)(=O)c2ccc(F)c(F)c2)n1. The Labute approximate surface area is 144 Å². The average molecular weight is 371 g/mol. The maximum Gasteiger partial charge on any atom is 0.240 e. The second kappa shape index (κ2) is 8.17. The van der Waals surface area contributed by atoms with E-state index in [9.17, 15) is 17.2 Å². The molecule has 2 rings (SSSR count). The summed E-state index contributed by atoms with van der Waals surface area (Å²) in [5.41, 5.74) is 0.760. The van der Waals surface area contributed by atoms with Crippen LogP contribution in [-0.2, 0) is 10.0 Å². The lowest BCUT2D eigenvalue weighted by Gasteiger charge is -2.10. The number of nitrogens with one attached hydrogen (secondary N) is 3. The lowest BCUT2D eigenvalue weighted by Crippen LogP contribution is -2.29. The second-order valence-corrected chi connectivity index (χ2v) is 6.92. The number of hydrogen-bond acceptors (Lipinski definition) is 6. The topological polar surface area (TPSA) is 96.0 Å². The van der Waals surface area contributed by atoms with Crippen molar-refractivity contribution in [3.63, 3.8) is 0 Å². The van der Waals surface area contributed by atoms with Crippen LogP contribution >= 0.6 is 0 Å². The van der Waals surface area contributed by atoms with E-state index >= 15 is 0 Å². The van der Waals surface area contributed by atoms with Crippen molar-refractivity contribution >= 4 is 21.8 Å². The minimum atomic E-state index is -3.93. The molecule has 0 bridgehead atoms. The molecule has 1 aromatic carbocycles. The number of sulfonamides is 1. The molecule has 0 atom stereocenters. The van der Waals surface area contributed by atoms with E-state index < -0.39 is 21.7 Å². The average Bonchev–Trinajstić information content (AvgIpc) is 2.54. The van der Waals surface area contributed by atoms with Crippen molar-refractivity contribution in [3.05, 3.63) is 41.6 Å². The molecule has 2 aromatic rings. The Morgan fingerprint density at radius 2 is 1.80 bits per heavy atom. The van der Waals surface area contributed by atoms with Crippen molar-refractivity contribution in [2.24, 2.45) is 0 Å². The summed E-state index contributed by atoms with van der Waals surface area (Å²) in [7, 11) is -3.93. The van der Waals surface area contributed by atoms with Crippen LogP contribution in [0.15, 0.2) is 29.2 Å². The van der Waals surface area contributed by atoms with Crippen molar-refractivity contribution in [3.8, 4) is 0 Å². The zero-order valence-electron chi connectivity index (χ0n) is 13.8.